The topological polar surface area (TPSA) is 42.7 Å². The van der Waals surface area contributed by atoms with Crippen LogP contribution in [0.4, 0.5) is 17.6 Å². The molecule has 0 saturated carbocycles. The fraction of sp³-hybridized carbons (Fsp3) is 0.385. The lowest BCUT2D eigenvalue weighted by atomic mass is 10.1. The van der Waals surface area contributed by atoms with E-state index in [0.29, 0.717) is 23.6 Å². The average molecular weight is 371 g/mol. The molecule has 128 valence electrons. The molecule has 1 heterocycles. The lowest BCUT2D eigenvalue weighted by Crippen LogP contribution is -2.10. The van der Waals surface area contributed by atoms with Gasteiger partial charge in [0.25, 0.3) is 0 Å². The van der Waals surface area contributed by atoms with Gasteiger partial charge in [-0.1, -0.05) is 11.8 Å². The highest BCUT2D eigenvalue weighted by atomic mass is 35.5. The highest BCUT2D eigenvalue weighted by molar-refractivity contribution is 7.98. The van der Waals surface area contributed by atoms with Crippen LogP contribution >= 0.6 is 24.2 Å². The van der Waals surface area contributed by atoms with Crippen LogP contribution in [-0.2, 0) is 25.5 Å². The molecule has 10 heteroatoms. The molecule has 0 radical (unpaired) electrons. The number of aromatic nitrogens is 3. The van der Waals surface area contributed by atoms with Crippen molar-refractivity contribution in [3.63, 3.8) is 0 Å². The van der Waals surface area contributed by atoms with E-state index in [2.05, 4.69) is 15.5 Å². The minimum Gasteiger partial charge on any atom is -0.313 e. The Morgan fingerprint density at radius 2 is 1.91 bits per heavy atom. The largest absolute Gasteiger partial charge is 0.416 e. The Morgan fingerprint density at radius 3 is 2.52 bits per heavy atom. The predicted molar refractivity (Wildman–Crippen MR) is 82.0 cm³/mol. The van der Waals surface area contributed by atoms with Crippen LogP contribution in [0, 0.1) is 5.82 Å². The number of thioether (sulfide) groups is 1. The van der Waals surface area contributed by atoms with E-state index in [9.17, 15) is 17.6 Å². The van der Waals surface area contributed by atoms with Gasteiger partial charge in [0.1, 0.15) is 11.6 Å². The van der Waals surface area contributed by atoms with Gasteiger partial charge in [-0.25, -0.2) is 4.39 Å². The van der Waals surface area contributed by atoms with Gasteiger partial charge in [-0.2, -0.15) is 13.2 Å². The molecule has 1 aromatic carbocycles. The molecular weight excluding hydrogens is 356 g/mol. The van der Waals surface area contributed by atoms with Crippen LogP contribution in [0.1, 0.15) is 17.0 Å². The summed E-state index contributed by atoms with van der Waals surface area (Å²) in [4.78, 5) is 0. The van der Waals surface area contributed by atoms with Crippen molar-refractivity contribution in [3.8, 4) is 0 Å². The third-order valence-electron chi connectivity index (χ3n) is 2.91. The molecule has 0 spiro atoms. The molecule has 0 aliphatic heterocycles. The van der Waals surface area contributed by atoms with Crippen LogP contribution in [0.3, 0.4) is 0 Å². The van der Waals surface area contributed by atoms with E-state index in [1.807, 2.05) is 0 Å². The molecule has 0 atom stereocenters. The van der Waals surface area contributed by atoms with E-state index in [1.54, 1.807) is 18.7 Å². The molecule has 4 nitrogen and oxygen atoms in total. The smallest absolute Gasteiger partial charge is 0.313 e. The van der Waals surface area contributed by atoms with E-state index >= 15 is 0 Å². The molecule has 23 heavy (non-hydrogen) atoms. The van der Waals surface area contributed by atoms with Gasteiger partial charge in [0.2, 0.25) is 0 Å². The van der Waals surface area contributed by atoms with Crippen molar-refractivity contribution in [1.82, 2.24) is 20.1 Å². The van der Waals surface area contributed by atoms with Crippen molar-refractivity contribution >= 4 is 24.2 Å². The van der Waals surface area contributed by atoms with Crippen LogP contribution in [0.15, 0.2) is 23.4 Å². The minimum absolute atomic E-state index is 0. The number of nitrogens with zero attached hydrogens (tertiary/aromatic N) is 3. The zero-order chi connectivity index (χ0) is 16.3. The van der Waals surface area contributed by atoms with Crippen LogP contribution in [-0.4, -0.2) is 21.8 Å². The summed E-state index contributed by atoms with van der Waals surface area (Å²) in [6.07, 6.45) is -4.56. The first-order valence-electron chi connectivity index (χ1n) is 6.33. The van der Waals surface area contributed by atoms with Crippen LogP contribution < -0.4 is 5.32 Å². The first-order valence-corrected chi connectivity index (χ1v) is 7.32. The van der Waals surface area contributed by atoms with Crippen LogP contribution in [0.2, 0.25) is 0 Å². The SMILES string of the molecule is CNCc1nnc(SCc2cc(F)cc(C(F)(F)F)c2)n1C.Cl. The first-order chi connectivity index (χ1) is 10.3. The number of hydrogen-bond acceptors (Lipinski definition) is 4. The summed E-state index contributed by atoms with van der Waals surface area (Å²) in [5, 5.41) is 11.4. The second-order valence-corrected chi connectivity index (χ2v) is 5.57. The van der Waals surface area contributed by atoms with E-state index in [0.717, 1.165) is 12.1 Å². The second kappa shape index (κ2) is 7.98. The van der Waals surface area contributed by atoms with Gasteiger partial charge >= 0.3 is 6.18 Å². The molecule has 0 unspecified atom stereocenters. The third kappa shape index (κ3) is 5.08. The summed E-state index contributed by atoms with van der Waals surface area (Å²) < 4.78 is 53.0. The molecule has 0 saturated heterocycles. The molecular formula is C13H15ClF4N4S. The number of halogens is 5. The Kier molecular flexibility index (Phi) is 6.84. The van der Waals surface area contributed by atoms with Crippen molar-refractivity contribution < 1.29 is 17.6 Å². The Bertz CT molecular complexity index is 660. The number of benzene rings is 1. The molecule has 0 fully saturated rings. The number of rotatable bonds is 5. The van der Waals surface area contributed by atoms with Gasteiger partial charge in [0.05, 0.1) is 12.1 Å². The minimum atomic E-state index is -4.56. The van der Waals surface area contributed by atoms with Gasteiger partial charge in [0.15, 0.2) is 5.16 Å². The predicted octanol–water partition coefficient (Wildman–Crippen LogP) is 3.41. The molecule has 1 aromatic heterocycles. The molecule has 2 rings (SSSR count). The van der Waals surface area contributed by atoms with Gasteiger partial charge < -0.3 is 9.88 Å². The maximum atomic E-state index is 13.3. The van der Waals surface area contributed by atoms with E-state index in [1.165, 1.54) is 11.8 Å². The summed E-state index contributed by atoms with van der Waals surface area (Å²) in [6.45, 7) is 0.530. The van der Waals surface area contributed by atoms with Gasteiger partial charge in [-0.15, -0.1) is 22.6 Å². The molecule has 0 aliphatic carbocycles. The second-order valence-electron chi connectivity index (χ2n) is 4.62. The van der Waals surface area contributed by atoms with Gasteiger partial charge in [-0.05, 0) is 30.8 Å². The summed E-state index contributed by atoms with van der Waals surface area (Å²) >= 11 is 1.20. The zero-order valence-corrected chi connectivity index (χ0v) is 13.9. The lowest BCUT2D eigenvalue weighted by Gasteiger charge is -2.09. The number of nitrogens with one attached hydrogen (secondary N) is 1. The molecule has 2 aromatic rings. The van der Waals surface area contributed by atoms with Crippen molar-refractivity contribution in [2.45, 2.75) is 23.6 Å². The average Bonchev–Trinajstić information content (AvgIpc) is 2.77. The van der Waals surface area contributed by atoms with E-state index < -0.39 is 17.6 Å². The lowest BCUT2D eigenvalue weighted by molar-refractivity contribution is -0.137. The van der Waals surface area contributed by atoms with E-state index in [4.69, 9.17) is 0 Å². The number of alkyl halides is 3. The van der Waals surface area contributed by atoms with Crippen LogP contribution in [0.25, 0.3) is 0 Å². The number of hydrogen-bond donors (Lipinski definition) is 1. The molecule has 0 bridgehead atoms. The highest BCUT2D eigenvalue weighted by Crippen LogP contribution is 2.31. The monoisotopic (exact) mass is 370 g/mol. The van der Waals surface area contributed by atoms with Crippen molar-refractivity contribution in [2.24, 2.45) is 7.05 Å². The summed E-state index contributed by atoms with van der Waals surface area (Å²) in [6, 6.07) is 2.52. The van der Waals surface area contributed by atoms with Crippen molar-refractivity contribution in [1.29, 1.82) is 0 Å². The third-order valence-corrected chi connectivity index (χ3v) is 4.00. The summed E-state index contributed by atoms with van der Waals surface area (Å²) in [7, 11) is 3.54. The highest BCUT2D eigenvalue weighted by Gasteiger charge is 2.31. The fourth-order valence-electron chi connectivity index (χ4n) is 1.83. The molecule has 0 amide bonds. The Hall–Kier alpha value is -1.32. The Labute approximate surface area is 141 Å². The van der Waals surface area contributed by atoms with Crippen molar-refractivity contribution in [2.75, 3.05) is 7.05 Å². The fourth-order valence-corrected chi connectivity index (χ4v) is 2.69. The first kappa shape index (κ1) is 19.7. The standard InChI is InChI=1S/C13H14F4N4S.ClH/c1-18-6-11-19-20-12(21(11)2)22-7-8-3-9(13(15,16)17)5-10(14)4-8;/h3-5,18H,6-7H2,1-2H3;1H. The zero-order valence-electron chi connectivity index (χ0n) is 12.3. The molecule has 1 N–H and O–H groups in total. The summed E-state index contributed by atoms with van der Waals surface area (Å²) in [5.74, 6) is -0.0219. The maximum Gasteiger partial charge on any atom is 0.416 e. The maximum absolute atomic E-state index is 13.3. The molecule has 0 aliphatic rings. The normalized spacial score (nSPS) is 11.4. The summed E-state index contributed by atoms with van der Waals surface area (Å²) in [5.41, 5.74) is -0.743. The van der Waals surface area contributed by atoms with E-state index in [-0.39, 0.29) is 23.7 Å². The van der Waals surface area contributed by atoms with Gasteiger partial charge in [-0.3, -0.25) is 0 Å². The quantitative estimate of drug-likeness (QED) is 0.647. The Morgan fingerprint density at radius 1 is 1.22 bits per heavy atom. The van der Waals surface area contributed by atoms with Crippen LogP contribution in [0.5, 0.6) is 0 Å². The Balaban J connectivity index is 0.00000264. The van der Waals surface area contributed by atoms with Gasteiger partial charge in [0, 0.05) is 12.8 Å². The van der Waals surface area contributed by atoms with Crippen molar-refractivity contribution in [3.05, 3.63) is 41.0 Å².